The molecule has 0 saturated carbocycles. The van der Waals surface area contributed by atoms with E-state index in [0.717, 1.165) is 16.8 Å². The molecular formula is C24H30N4O4. The van der Waals surface area contributed by atoms with E-state index in [0.29, 0.717) is 31.9 Å². The first-order valence-corrected chi connectivity index (χ1v) is 10.7. The van der Waals surface area contributed by atoms with Crippen molar-refractivity contribution in [2.45, 2.75) is 26.3 Å². The van der Waals surface area contributed by atoms with E-state index in [9.17, 15) is 14.4 Å². The SMILES string of the molecule is COc1ccc(C(CC(=O)N2CCN(C(=O)Nc3cccc(C)c3)CC2)NC(C)=O)cc1. The summed E-state index contributed by atoms with van der Waals surface area (Å²) in [4.78, 5) is 40.6. The smallest absolute Gasteiger partial charge is 0.321 e. The zero-order valence-corrected chi connectivity index (χ0v) is 18.8. The number of nitrogens with one attached hydrogen (secondary N) is 2. The number of benzene rings is 2. The molecule has 4 amide bonds. The van der Waals surface area contributed by atoms with E-state index >= 15 is 0 Å². The Bertz CT molecular complexity index is 953. The summed E-state index contributed by atoms with van der Waals surface area (Å²) < 4.78 is 5.18. The Balaban J connectivity index is 1.55. The average molecular weight is 439 g/mol. The molecule has 0 aliphatic carbocycles. The van der Waals surface area contributed by atoms with Gasteiger partial charge in [0.1, 0.15) is 5.75 Å². The highest BCUT2D eigenvalue weighted by Gasteiger charge is 2.26. The third kappa shape index (κ3) is 6.23. The van der Waals surface area contributed by atoms with Crippen LogP contribution in [-0.2, 0) is 9.59 Å². The van der Waals surface area contributed by atoms with Gasteiger partial charge in [-0.3, -0.25) is 9.59 Å². The van der Waals surface area contributed by atoms with E-state index in [1.807, 2.05) is 43.3 Å². The predicted octanol–water partition coefficient (Wildman–Crippen LogP) is 2.95. The number of piperazine rings is 1. The molecule has 1 atom stereocenters. The van der Waals surface area contributed by atoms with Crippen molar-refractivity contribution in [1.82, 2.24) is 15.1 Å². The number of ether oxygens (including phenoxy) is 1. The molecule has 0 aromatic heterocycles. The first kappa shape index (κ1) is 23.1. The van der Waals surface area contributed by atoms with Gasteiger partial charge in [-0.15, -0.1) is 0 Å². The molecule has 0 spiro atoms. The van der Waals surface area contributed by atoms with Gasteiger partial charge in [0.05, 0.1) is 19.6 Å². The Morgan fingerprint density at radius 1 is 1.00 bits per heavy atom. The zero-order chi connectivity index (χ0) is 23.1. The van der Waals surface area contributed by atoms with Crippen LogP contribution in [0.1, 0.15) is 30.5 Å². The van der Waals surface area contributed by atoms with Crippen molar-refractivity contribution in [1.29, 1.82) is 0 Å². The first-order valence-electron chi connectivity index (χ1n) is 10.7. The lowest BCUT2D eigenvalue weighted by molar-refractivity contribution is -0.133. The van der Waals surface area contributed by atoms with Crippen LogP contribution in [0.5, 0.6) is 5.75 Å². The van der Waals surface area contributed by atoms with Crippen LogP contribution in [0.15, 0.2) is 48.5 Å². The maximum atomic E-state index is 12.9. The number of nitrogens with zero attached hydrogens (tertiary/aromatic N) is 2. The Hall–Kier alpha value is -3.55. The van der Waals surface area contributed by atoms with Crippen molar-refractivity contribution >= 4 is 23.5 Å². The van der Waals surface area contributed by atoms with Crippen LogP contribution in [0, 0.1) is 6.92 Å². The molecule has 2 aromatic carbocycles. The minimum atomic E-state index is -0.423. The number of urea groups is 1. The second-order valence-electron chi connectivity index (χ2n) is 7.90. The third-order valence-corrected chi connectivity index (χ3v) is 5.46. The number of carbonyl (C=O) groups is 3. The van der Waals surface area contributed by atoms with E-state index in [1.54, 1.807) is 29.0 Å². The summed E-state index contributed by atoms with van der Waals surface area (Å²) in [6.07, 6.45) is 0.154. The Labute approximate surface area is 188 Å². The van der Waals surface area contributed by atoms with Gasteiger partial charge < -0.3 is 25.2 Å². The molecule has 170 valence electrons. The Morgan fingerprint density at radius 3 is 2.25 bits per heavy atom. The van der Waals surface area contributed by atoms with Gasteiger partial charge in [0, 0.05) is 38.8 Å². The highest BCUT2D eigenvalue weighted by Crippen LogP contribution is 2.22. The maximum absolute atomic E-state index is 12.9. The third-order valence-electron chi connectivity index (χ3n) is 5.46. The fourth-order valence-corrected chi connectivity index (χ4v) is 3.72. The van der Waals surface area contributed by atoms with Crippen LogP contribution in [0.3, 0.4) is 0 Å². The van der Waals surface area contributed by atoms with Crippen LogP contribution < -0.4 is 15.4 Å². The second kappa shape index (κ2) is 10.7. The standard InChI is InChI=1S/C24H30N4O4/c1-17-5-4-6-20(15-17)26-24(31)28-13-11-27(12-14-28)23(30)16-22(25-18(2)29)19-7-9-21(32-3)10-8-19/h4-10,15,22H,11-14,16H2,1-3H3,(H,25,29)(H,26,31). The summed E-state index contributed by atoms with van der Waals surface area (Å²) in [6.45, 7) is 5.23. The molecule has 1 aliphatic rings. The molecule has 1 unspecified atom stereocenters. The average Bonchev–Trinajstić information content (AvgIpc) is 2.78. The maximum Gasteiger partial charge on any atom is 0.321 e. The molecule has 8 nitrogen and oxygen atoms in total. The topological polar surface area (TPSA) is 91.0 Å². The van der Waals surface area contributed by atoms with Gasteiger partial charge in [0.2, 0.25) is 11.8 Å². The number of hydrogen-bond acceptors (Lipinski definition) is 4. The van der Waals surface area contributed by atoms with Gasteiger partial charge in [-0.25, -0.2) is 4.79 Å². The van der Waals surface area contributed by atoms with Gasteiger partial charge in [-0.2, -0.15) is 0 Å². The lowest BCUT2D eigenvalue weighted by atomic mass is 10.0. The molecule has 1 fully saturated rings. The monoisotopic (exact) mass is 438 g/mol. The summed E-state index contributed by atoms with van der Waals surface area (Å²) in [5, 5.41) is 5.77. The minimum Gasteiger partial charge on any atom is -0.497 e. The highest BCUT2D eigenvalue weighted by atomic mass is 16.5. The number of anilines is 1. The van der Waals surface area contributed by atoms with E-state index < -0.39 is 6.04 Å². The van der Waals surface area contributed by atoms with Crippen molar-refractivity contribution in [3.63, 3.8) is 0 Å². The molecule has 2 aromatic rings. The number of aryl methyl sites for hydroxylation is 1. The first-order chi connectivity index (χ1) is 15.4. The van der Waals surface area contributed by atoms with Crippen molar-refractivity contribution in [2.75, 3.05) is 38.6 Å². The Kier molecular flexibility index (Phi) is 7.70. The lowest BCUT2D eigenvalue weighted by Crippen LogP contribution is -2.52. The van der Waals surface area contributed by atoms with E-state index in [2.05, 4.69) is 10.6 Å². The summed E-state index contributed by atoms with van der Waals surface area (Å²) in [7, 11) is 1.59. The molecule has 2 N–H and O–H groups in total. The van der Waals surface area contributed by atoms with Crippen LogP contribution in [0.4, 0.5) is 10.5 Å². The number of amides is 4. The predicted molar refractivity (Wildman–Crippen MR) is 123 cm³/mol. The van der Waals surface area contributed by atoms with E-state index in [-0.39, 0.29) is 24.3 Å². The molecule has 0 radical (unpaired) electrons. The summed E-state index contributed by atoms with van der Waals surface area (Å²) in [5.41, 5.74) is 2.67. The second-order valence-corrected chi connectivity index (χ2v) is 7.90. The van der Waals surface area contributed by atoms with Crippen molar-refractivity contribution in [3.8, 4) is 5.75 Å². The summed E-state index contributed by atoms with van der Waals surface area (Å²) in [6, 6.07) is 14.4. The van der Waals surface area contributed by atoms with Crippen molar-refractivity contribution in [2.24, 2.45) is 0 Å². The number of carbonyl (C=O) groups excluding carboxylic acids is 3. The van der Waals surface area contributed by atoms with Crippen LogP contribution in [0.2, 0.25) is 0 Å². The van der Waals surface area contributed by atoms with Gasteiger partial charge in [0.15, 0.2) is 0 Å². The normalized spacial score (nSPS) is 14.5. The van der Waals surface area contributed by atoms with Crippen LogP contribution in [-0.4, -0.2) is 60.9 Å². The zero-order valence-electron chi connectivity index (χ0n) is 18.8. The minimum absolute atomic E-state index is 0.0571. The van der Waals surface area contributed by atoms with Crippen molar-refractivity contribution in [3.05, 3.63) is 59.7 Å². The molecule has 3 rings (SSSR count). The van der Waals surface area contributed by atoms with Gasteiger partial charge in [-0.1, -0.05) is 24.3 Å². The number of methoxy groups -OCH3 is 1. The molecular weight excluding hydrogens is 408 g/mol. The van der Waals surface area contributed by atoms with Crippen LogP contribution in [0.25, 0.3) is 0 Å². The lowest BCUT2D eigenvalue weighted by Gasteiger charge is -2.35. The molecule has 8 heteroatoms. The molecule has 32 heavy (non-hydrogen) atoms. The summed E-state index contributed by atoms with van der Waals surface area (Å²) in [5.74, 6) is 0.455. The number of hydrogen-bond donors (Lipinski definition) is 2. The van der Waals surface area contributed by atoms with Crippen molar-refractivity contribution < 1.29 is 19.1 Å². The summed E-state index contributed by atoms with van der Waals surface area (Å²) >= 11 is 0. The Morgan fingerprint density at radius 2 is 1.66 bits per heavy atom. The fraction of sp³-hybridized carbons (Fsp3) is 0.375. The van der Waals surface area contributed by atoms with Gasteiger partial charge >= 0.3 is 6.03 Å². The van der Waals surface area contributed by atoms with Gasteiger partial charge in [-0.05, 0) is 42.3 Å². The molecule has 1 saturated heterocycles. The molecule has 1 heterocycles. The largest absolute Gasteiger partial charge is 0.497 e. The van der Waals surface area contributed by atoms with E-state index in [1.165, 1.54) is 6.92 Å². The fourth-order valence-electron chi connectivity index (χ4n) is 3.72. The quantitative estimate of drug-likeness (QED) is 0.726. The highest BCUT2D eigenvalue weighted by molar-refractivity contribution is 5.89. The molecule has 1 aliphatic heterocycles. The van der Waals surface area contributed by atoms with E-state index in [4.69, 9.17) is 4.74 Å². The molecule has 0 bridgehead atoms. The number of rotatable bonds is 6. The van der Waals surface area contributed by atoms with Crippen LogP contribution >= 0.6 is 0 Å². The van der Waals surface area contributed by atoms with Gasteiger partial charge in [0.25, 0.3) is 0 Å².